The SMILES string of the molecule is CC.Cc1ccc(CO)nc1. The topological polar surface area (TPSA) is 33.1 Å². The van der Waals surface area contributed by atoms with E-state index in [4.69, 9.17) is 5.11 Å². The number of aryl methyl sites for hydroxylation is 1. The van der Waals surface area contributed by atoms with Gasteiger partial charge in [-0.15, -0.1) is 0 Å². The number of aromatic nitrogens is 1. The van der Waals surface area contributed by atoms with E-state index in [9.17, 15) is 0 Å². The molecular weight excluding hydrogens is 138 g/mol. The Bertz CT molecular complexity index is 181. The third-order valence-electron chi connectivity index (χ3n) is 1.13. The van der Waals surface area contributed by atoms with Crippen molar-refractivity contribution in [1.29, 1.82) is 0 Å². The van der Waals surface area contributed by atoms with Crippen molar-refractivity contribution in [2.75, 3.05) is 0 Å². The minimum Gasteiger partial charge on any atom is -0.390 e. The van der Waals surface area contributed by atoms with E-state index in [1.165, 1.54) is 0 Å². The molecule has 0 aliphatic rings. The van der Waals surface area contributed by atoms with Crippen molar-refractivity contribution < 1.29 is 5.11 Å². The second-order valence-corrected chi connectivity index (χ2v) is 1.99. The fraction of sp³-hybridized carbons (Fsp3) is 0.444. The molecule has 0 fully saturated rings. The van der Waals surface area contributed by atoms with Gasteiger partial charge in [0.1, 0.15) is 0 Å². The van der Waals surface area contributed by atoms with Gasteiger partial charge in [0.2, 0.25) is 0 Å². The van der Waals surface area contributed by atoms with Gasteiger partial charge in [-0.25, -0.2) is 0 Å². The molecule has 2 heteroatoms. The number of pyridine rings is 1. The Hall–Kier alpha value is -0.890. The summed E-state index contributed by atoms with van der Waals surface area (Å²) >= 11 is 0. The normalized spacial score (nSPS) is 8.36. The summed E-state index contributed by atoms with van der Waals surface area (Å²) in [5.41, 5.74) is 1.84. The highest BCUT2D eigenvalue weighted by Gasteiger charge is 1.87. The van der Waals surface area contributed by atoms with Gasteiger partial charge in [0.15, 0.2) is 0 Å². The molecule has 0 aliphatic heterocycles. The van der Waals surface area contributed by atoms with Crippen LogP contribution in [0.2, 0.25) is 0 Å². The molecule has 0 amide bonds. The predicted molar refractivity (Wildman–Crippen MR) is 46.2 cm³/mol. The molecule has 1 N–H and O–H groups in total. The summed E-state index contributed by atoms with van der Waals surface area (Å²) < 4.78 is 0. The number of nitrogens with zero attached hydrogens (tertiary/aromatic N) is 1. The van der Waals surface area contributed by atoms with Gasteiger partial charge in [-0.1, -0.05) is 19.9 Å². The average Bonchev–Trinajstić information content (AvgIpc) is 2.10. The highest BCUT2D eigenvalue weighted by Crippen LogP contribution is 1.96. The first-order valence-electron chi connectivity index (χ1n) is 3.85. The first-order chi connectivity index (χ1) is 5.33. The van der Waals surface area contributed by atoms with Crippen LogP contribution in [-0.4, -0.2) is 10.1 Å². The van der Waals surface area contributed by atoms with Crippen molar-refractivity contribution in [3.8, 4) is 0 Å². The van der Waals surface area contributed by atoms with Crippen LogP contribution in [0.4, 0.5) is 0 Å². The molecule has 0 spiro atoms. The summed E-state index contributed by atoms with van der Waals surface area (Å²) in [5, 5.41) is 8.57. The van der Waals surface area contributed by atoms with Crippen LogP contribution in [0.25, 0.3) is 0 Å². The highest BCUT2D eigenvalue weighted by molar-refractivity contribution is 5.11. The fourth-order valence-electron chi connectivity index (χ4n) is 0.592. The van der Waals surface area contributed by atoms with Gasteiger partial charge >= 0.3 is 0 Å². The molecule has 0 aromatic carbocycles. The van der Waals surface area contributed by atoms with Crippen LogP contribution in [0.3, 0.4) is 0 Å². The molecule has 0 saturated heterocycles. The maximum Gasteiger partial charge on any atom is 0.0852 e. The van der Waals surface area contributed by atoms with Gasteiger partial charge in [0, 0.05) is 6.20 Å². The zero-order valence-electron chi connectivity index (χ0n) is 7.33. The van der Waals surface area contributed by atoms with E-state index < -0.39 is 0 Å². The summed E-state index contributed by atoms with van der Waals surface area (Å²) in [6.45, 7) is 5.99. The Labute approximate surface area is 67.9 Å². The summed E-state index contributed by atoms with van der Waals surface area (Å²) in [6, 6.07) is 3.74. The van der Waals surface area contributed by atoms with Crippen LogP contribution < -0.4 is 0 Å². The fourth-order valence-corrected chi connectivity index (χ4v) is 0.592. The maximum atomic E-state index is 8.57. The number of rotatable bonds is 1. The Kier molecular flexibility index (Phi) is 5.39. The summed E-state index contributed by atoms with van der Waals surface area (Å²) in [7, 11) is 0. The number of hydrogen-bond donors (Lipinski definition) is 1. The number of aliphatic hydroxyl groups is 1. The van der Waals surface area contributed by atoms with E-state index >= 15 is 0 Å². The molecule has 62 valence electrons. The average molecular weight is 153 g/mol. The summed E-state index contributed by atoms with van der Waals surface area (Å²) in [5.74, 6) is 0. The zero-order valence-corrected chi connectivity index (χ0v) is 7.33. The maximum absolute atomic E-state index is 8.57. The lowest BCUT2D eigenvalue weighted by Crippen LogP contribution is -1.87. The van der Waals surface area contributed by atoms with E-state index in [1.807, 2.05) is 32.9 Å². The molecule has 0 saturated carbocycles. The van der Waals surface area contributed by atoms with Crippen LogP contribution >= 0.6 is 0 Å². The van der Waals surface area contributed by atoms with Gasteiger partial charge < -0.3 is 5.11 Å². The molecule has 0 bridgehead atoms. The lowest BCUT2D eigenvalue weighted by Gasteiger charge is -1.93. The minimum absolute atomic E-state index is 0.0281. The number of aliphatic hydroxyl groups excluding tert-OH is 1. The molecule has 11 heavy (non-hydrogen) atoms. The van der Waals surface area contributed by atoms with Gasteiger partial charge in [0.05, 0.1) is 12.3 Å². The zero-order chi connectivity index (χ0) is 8.69. The standard InChI is InChI=1S/C7H9NO.C2H6/c1-6-2-3-7(5-9)8-4-6;1-2/h2-4,9H,5H2,1H3;1-2H3. The summed E-state index contributed by atoms with van der Waals surface area (Å²) in [4.78, 5) is 3.95. The van der Waals surface area contributed by atoms with Crippen molar-refractivity contribution in [3.63, 3.8) is 0 Å². The Morgan fingerprint density at radius 3 is 2.36 bits per heavy atom. The molecule has 1 heterocycles. The second-order valence-electron chi connectivity index (χ2n) is 1.99. The van der Waals surface area contributed by atoms with Gasteiger partial charge in [-0.2, -0.15) is 0 Å². The first kappa shape index (κ1) is 10.1. The molecule has 0 atom stereocenters. The molecule has 1 aromatic rings. The first-order valence-corrected chi connectivity index (χ1v) is 3.85. The van der Waals surface area contributed by atoms with Crippen LogP contribution in [0.5, 0.6) is 0 Å². The molecule has 1 rings (SSSR count). The van der Waals surface area contributed by atoms with E-state index in [-0.39, 0.29) is 6.61 Å². The monoisotopic (exact) mass is 153 g/mol. The van der Waals surface area contributed by atoms with Crippen LogP contribution in [-0.2, 0) is 6.61 Å². The van der Waals surface area contributed by atoms with Crippen LogP contribution in [0.1, 0.15) is 25.1 Å². The smallest absolute Gasteiger partial charge is 0.0852 e. The van der Waals surface area contributed by atoms with Gasteiger partial charge in [-0.05, 0) is 18.6 Å². The molecule has 2 nitrogen and oxygen atoms in total. The third kappa shape index (κ3) is 3.73. The quantitative estimate of drug-likeness (QED) is 0.668. The third-order valence-corrected chi connectivity index (χ3v) is 1.13. The highest BCUT2D eigenvalue weighted by atomic mass is 16.3. The second kappa shape index (κ2) is 5.86. The summed E-state index contributed by atoms with van der Waals surface area (Å²) in [6.07, 6.45) is 1.74. The number of hydrogen-bond acceptors (Lipinski definition) is 2. The molecule has 0 radical (unpaired) electrons. The van der Waals surface area contributed by atoms with Crippen molar-refractivity contribution >= 4 is 0 Å². The lowest BCUT2D eigenvalue weighted by molar-refractivity contribution is 0.277. The predicted octanol–water partition coefficient (Wildman–Crippen LogP) is 1.91. The Morgan fingerprint density at radius 1 is 1.36 bits per heavy atom. The molecule has 0 aliphatic carbocycles. The van der Waals surface area contributed by atoms with Crippen molar-refractivity contribution in [2.45, 2.75) is 27.4 Å². The van der Waals surface area contributed by atoms with E-state index in [0.717, 1.165) is 11.3 Å². The van der Waals surface area contributed by atoms with E-state index in [0.29, 0.717) is 0 Å². The van der Waals surface area contributed by atoms with Crippen LogP contribution in [0.15, 0.2) is 18.3 Å². The minimum atomic E-state index is 0.0281. The van der Waals surface area contributed by atoms with E-state index in [1.54, 1.807) is 6.20 Å². The van der Waals surface area contributed by atoms with Crippen LogP contribution in [0, 0.1) is 6.92 Å². The molecule has 1 aromatic heterocycles. The van der Waals surface area contributed by atoms with E-state index in [2.05, 4.69) is 4.98 Å². The van der Waals surface area contributed by atoms with Gasteiger partial charge in [0.25, 0.3) is 0 Å². The Balaban J connectivity index is 0.000000461. The largest absolute Gasteiger partial charge is 0.390 e. The lowest BCUT2D eigenvalue weighted by atomic mass is 10.3. The molecular formula is C9H15NO. The van der Waals surface area contributed by atoms with Crippen molar-refractivity contribution in [1.82, 2.24) is 4.98 Å². The van der Waals surface area contributed by atoms with Gasteiger partial charge in [-0.3, -0.25) is 4.98 Å². The van der Waals surface area contributed by atoms with Crippen molar-refractivity contribution in [2.24, 2.45) is 0 Å². The van der Waals surface area contributed by atoms with Crippen molar-refractivity contribution in [3.05, 3.63) is 29.6 Å². The Morgan fingerprint density at radius 2 is 2.00 bits per heavy atom. The molecule has 0 unspecified atom stereocenters.